The third-order valence-corrected chi connectivity index (χ3v) is 1.98. The number of carbonyl (C=O) groups excluding carboxylic acids is 1. The SMILES string of the molecule is CC(C)(C)OC(=O)NC(C(=O)O)C(C(F)(F)F)C(F)(F)F. The molecule has 0 saturated carbocycles. The topological polar surface area (TPSA) is 75.6 Å². The molecule has 0 aliphatic rings. The van der Waals surface area contributed by atoms with Crippen LogP contribution in [0.4, 0.5) is 31.1 Å². The molecule has 1 atom stereocenters. The Morgan fingerprint density at radius 1 is 1.00 bits per heavy atom. The van der Waals surface area contributed by atoms with Crippen LogP contribution in [0, 0.1) is 5.92 Å². The number of ether oxygens (including phenoxy) is 1. The minimum absolute atomic E-state index is 1.09. The molecule has 5 nitrogen and oxygen atoms in total. The van der Waals surface area contributed by atoms with E-state index in [4.69, 9.17) is 5.11 Å². The van der Waals surface area contributed by atoms with Gasteiger partial charge in [-0.3, -0.25) is 0 Å². The molecular weight excluding hydrogens is 312 g/mol. The van der Waals surface area contributed by atoms with E-state index in [0.29, 0.717) is 0 Å². The van der Waals surface area contributed by atoms with Gasteiger partial charge in [0, 0.05) is 0 Å². The van der Waals surface area contributed by atoms with Gasteiger partial charge in [0.2, 0.25) is 0 Å². The number of rotatable bonds is 3. The van der Waals surface area contributed by atoms with Crippen LogP contribution in [0.1, 0.15) is 20.8 Å². The molecule has 21 heavy (non-hydrogen) atoms. The number of halogens is 6. The quantitative estimate of drug-likeness (QED) is 0.782. The summed E-state index contributed by atoms with van der Waals surface area (Å²) in [6, 6.07) is -3.25. The van der Waals surface area contributed by atoms with Crippen LogP contribution in [-0.2, 0) is 9.53 Å². The van der Waals surface area contributed by atoms with Crippen LogP contribution < -0.4 is 5.32 Å². The van der Waals surface area contributed by atoms with Gasteiger partial charge in [0.15, 0.2) is 5.92 Å². The summed E-state index contributed by atoms with van der Waals surface area (Å²) in [7, 11) is 0. The second-order valence-corrected chi connectivity index (χ2v) is 5.02. The van der Waals surface area contributed by atoms with Gasteiger partial charge >= 0.3 is 24.4 Å². The van der Waals surface area contributed by atoms with Crippen molar-refractivity contribution < 1.29 is 45.8 Å². The lowest BCUT2D eigenvalue weighted by Gasteiger charge is -2.29. The highest BCUT2D eigenvalue weighted by molar-refractivity contribution is 5.80. The summed E-state index contributed by atoms with van der Waals surface area (Å²) in [4.78, 5) is 21.9. The molecule has 0 heterocycles. The number of alkyl carbamates (subject to hydrolysis) is 1. The normalized spacial score (nSPS) is 14.8. The first-order chi connectivity index (χ1) is 9.05. The lowest BCUT2D eigenvalue weighted by Crippen LogP contribution is -2.56. The van der Waals surface area contributed by atoms with Crippen LogP contribution >= 0.6 is 0 Å². The molecule has 0 aromatic heterocycles. The average molecular weight is 325 g/mol. The lowest BCUT2D eigenvalue weighted by atomic mass is 9.98. The first-order valence-corrected chi connectivity index (χ1v) is 5.41. The van der Waals surface area contributed by atoms with E-state index in [9.17, 15) is 35.9 Å². The van der Waals surface area contributed by atoms with Gasteiger partial charge in [-0.25, -0.2) is 9.59 Å². The number of carboxylic acids is 1. The van der Waals surface area contributed by atoms with E-state index in [0.717, 1.165) is 5.32 Å². The monoisotopic (exact) mass is 325 g/mol. The van der Waals surface area contributed by atoms with Gasteiger partial charge in [-0.15, -0.1) is 0 Å². The second kappa shape index (κ2) is 5.98. The van der Waals surface area contributed by atoms with Gasteiger partial charge < -0.3 is 15.2 Å². The summed E-state index contributed by atoms with van der Waals surface area (Å²) in [5, 5.41) is 9.63. The van der Waals surface area contributed by atoms with Crippen molar-refractivity contribution in [1.82, 2.24) is 5.32 Å². The van der Waals surface area contributed by atoms with E-state index in [1.54, 1.807) is 0 Å². The molecule has 2 N–H and O–H groups in total. The van der Waals surface area contributed by atoms with Crippen LogP contribution in [-0.4, -0.2) is 41.2 Å². The maximum absolute atomic E-state index is 12.4. The molecule has 0 aromatic rings. The molecule has 0 rings (SSSR count). The number of amides is 1. The van der Waals surface area contributed by atoms with E-state index >= 15 is 0 Å². The Morgan fingerprint density at radius 3 is 1.62 bits per heavy atom. The van der Waals surface area contributed by atoms with Crippen molar-refractivity contribution in [1.29, 1.82) is 0 Å². The molecule has 124 valence electrons. The maximum atomic E-state index is 12.4. The average Bonchev–Trinajstić information content (AvgIpc) is 2.07. The summed E-state index contributed by atoms with van der Waals surface area (Å²) < 4.78 is 79.1. The molecule has 0 saturated heterocycles. The van der Waals surface area contributed by atoms with Crippen LogP contribution in [0.3, 0.4) is 0 Å². The second-order valence-electron chi connectivity index (χ2n) is 5.02. The standard InChI is InChI=1S/C10H13F6NO4/c1-8(2,3)21-7(20)17-4(6(18)19)5(9(11,12)13)10(14,15)16/h4-5H,1-3H3,(H,17,20)(H,18,19). The van der Waals surface area contributed by atoms with Crippen molar-refractivity contribution in [2.75, 3.05) is 0 Å². The van der Waals surface area contributed by atoms with Gasteiger partial charge in [-0.05, 0) is 20.8 Å². The van der Waals surface area contributed by atoms with Gasteiger partial charge in [0.25, 0.3) is 0 Å². The van der Waals surface area contributed by atoms with Crippen molar-refractivity contribution in [2.24, 2.45) is 5.92 Å². The summed E-state index contributed by atoms with van der Waals surface area (Å²) in [5.41, 5.74) is -1.22. The van der Waals surface area contributed by atoms with Crippen LogP contribution in [0.5, 0.6) is 0 Å². The Bertz CT molecular complexity index is 384. The number of carboxylic acid groups (broad SMARTS) is 1. The zero-order chi connectivity index (χ0) is 17.2. The van der Waals surface area contributed by atoms with Crippen LogP contribution in [0.15, 0.2) is 0 Å². The first kappa shape index (κ1) is 19.3. The molecule has 1 unspecified atom stereocenters. The van der Waals surface area contributed by atoms with Crippen LogP contribution in [0.25, 0.3) is 0 Å². The summed E-state index contributed by atoms with van der Waals surface area (Å²) in [5.74, 6) is -6.74. The number of carbonyl (C=O) groups is 2. The maximum Gasteiger partial charge on any atom is 0.408 e. The third-order valence-electron chi connectivity index (χ3n) is 1.98. The number of nitrogens with one attached hydrogen (secondary N) is 1. The van der Waals surface area contributed by atoms with Crippen molar-refractivity contribution >= 4 is 12.1 Å². The van der Waals surface area contributed by atoms with Crippen LogP contribution in [0.2, 0.25) is 0 Å². The molecule has 0 aliphatic heterocycles. The predicted molar refractivity (Wildman–Crippen MR) is 56.4 cm³/mol. The Morgan fingerprint density at radius 2 is 1.38 bits per heavy atom. The minimum atomic E-state index is -5.91. The van der Waals surface area contributed by atoms with Crippen molar-refractivity contribution in [3.63, 3.8) is 0 Å². The van der Waals surface area contributed by atoms with E-state index in [-0.39, 0.29) is 0 Å². The predicted octanol–water partition coefficient (Wildman–Crippen LogP) is 2.71. The zero-order valence-corrected chi connectivity index (χ0v) is 11.1. The fourth-order valence-corrected chi connectivity index (χ4v) is 1.29. The number of hydrogen-bond donors (Lipinski definition) is 2. The molecule has 0 radical (unpaired) electrons. The van der Waals surface area contributed by atoms with E-state index in [1.807, 2.05) is 0 Å². The van der Waals surface area contributed by atoms with E-state index < -0.39 is 42.0 Å². The van der Waals surface area contributed by atoms with Gasteiger partial charge in [-0.1, -0.05) is 0 Å². The summed E-state index contributed by atoms with van der Waals surface area (Å²) in [6.07, 6.45) is -13.5. The molecular formula is C10H13F6NO4. The highest BCUT2D eigenvalue weighted by Gasteiger charge is 2.62. The Kier molecular flexibility index (Phi) is 5.50. The largest absolute Gasteiger partial charge is 0.480 e. The zero-order valence-electron chi connectivity index (χ0n) is 11.1. The molecule has 0 fully saturated rings. The number of alkyl halides is 6. The highest BCUT2D eigenvalue weighted by Crippen LogP contribution is 2.41. The van der Waals surface area contributed by atoms with Crippen molar-refractivity contribution in [3.8, 4) is 0 Å². The third kappa shape index (κ3) is 6.54. The van der Waals surface area contributed by atoms with E-state index in [1.165, 1.54) is 20.8 Å². The van der Waals surface area contributed by atoms with Crippen molar-refractivity contribution in [2.45, 2.75) is 44.8 Å². The Labute approximate surface area is 115 Å². The van der Waals surface area contributed by atoms with Gasteiger partial charge in [-0.2, -0.15) is 26.3 Å². The Hall–Kier alpha value is -1.68. The smallest absolute Gasteiger partial charge is 0.408 e. The molecule has 0 aromatic carbocycles. The fraction of sp³-hybridized carbons (Fsp3) is 0.800. The summed E-state index contributed by atoms with van der Waals surface area (Å²) >= 11 is 0. The van der Waals surface area contributed by atoms with Crippen molar-refractivity contribution in [3.05, 3.63) is 0 Å². The van der Waals surface area contributed by atoms with Gasteiger partial charge in [0.05, 0.1) is 0 Å². The molecule has 0 bridgehead atoms. The lowest BCUT2D eigenvalue weighted by molar-refractivity contribution is -0.290. The fourth-order valence-electron chi connectivity index (χ4n) is 1.29. The number of aliphatic carboxylic acids is 1. The minimum Gasteiger partial charge on any atom is -0.480 e. The number of hydrogen-bond acceptors (Lipinski definition) is 3. The summed E-state index contributed by atoms with van der Waals surface area (Å²) in [6.45, 7) is 3.90. The van der Waals surface area contributed by atoms with Gasteiger partial charge in [0.1, 0.15) is 11.6 Å². The van der Waals surface area contributed by atoms with E-state index in [2.05, 4.69) is 4.74 Å². The molecule has 0 spiro atoms. The Balaban J connectivity index is 5.38. The molecule has 1 amide bonds. The molecule has 11 heteroatoms. The molecule has 0 aliphatic carbocycles. The highest BCUT2D eigenvalue weighted by atomic mass is 19.4. The first-order valence-electron chi connectivity index (χ1n) is 5.41.